The van der Waals surface area contributed by atoms with Crippen molar-refractivity contribution in [2.24, 2.45) is 0 Å². The Balaban J connectivity index is 1.69. The van der Waals surface area contributed by atoms with Crippen LogP contribution in [0.2, 0.25) is 5.02 Å². The summed E-state index contributed by atoms with van der Waals surface area (Å²) in [7, 11) is 0. The molecule has 1 aliphatic heterocycles. The fourth-order valence-electron chi connectivity index (χ4n) is 3.47. The minimum atomic E-state index is -0.181. The Labute approximate surface area is 152 Å². The maximum absolute atomic E-state index is 13.2. The summed E-state index contributed by atoms with van der Waals surface area (Å²) in [5, 5.41) is 0.672. The molecule has 1 heterocycles. The fourth-order valence-corrected chi connectivity index (χ4v) is 3.65. The zero-order chi connectivity index (χ0) is 17.2. The van der Waals surface area contributed by atoms with Crippen LogP contribution in [0.15, 0.2) is 78.9 Å². The van der Waals surface area contributed by atoms with Crippen molar-refractivity contribution in [3.63, 3.8) is 0 Å². The number of rotatable bonds is 4. The SMILES string of the molecule is O=C1C(Cc2ccccc2)c2cc(Cl)ccc2N1Cc1ccccc1. The van der Waals surface area contributed by atoms with Crippen molar-refractivity contribution in [3.05, 3.63) is 101 Å². The smallest absolute Gasteiger partial charge is 0.235 e. The molecule has 3 heteroatoms. The maximum Gasteiger partial charge on any atom is 0.235 e. The fraction of sp³-hybridized carbons (Fsp3) is 0.136. The lowest BCUT2D eigenvalue weighted by molar-refractivity contribution is -0.119. The molecule has 1 aliphatic rings. The van der Waals surface area contributed by atoms with Crippen molar-refractivity contribution < 1.29 is 4.79 Å². The number of nitrogens with zero attached hydrogens (tertiary/aromatic N) is 1. The van der Waals surface area contributed by atoms with E-state index in [1.165, 1.54) is 0 Å². The lowest BCUT2D eigenvalue weighted by Crippen LogP contribution is -2.28. The van der Waals surface area contributed by atoms with E-state index in [9.17, 15) is 4.79 Å². The molecule has 0 fully saturated rings. The van der Waals surface area contributed by atoms with Crippen molar-refractivity contribution in [1.29, 1.82) is 0 Å². The van der Waals surface area contributed by atoms with Crippen molar-refractivity contribution in [3.8, 4) is 0 Å². The Morgan fingerprint density at radius 3 is 2.16 bits per heavy atom. The van der Waals surface area contributed by atoms with E-state index < -0.39 is 0 Å². The van der Waals surface area contributed by atoms with Crippen LogP contribution in [0, 0.1) is 0 Å². The molecule has 0 N–H and O–H groups in total. The molecular formula is C22H18ClNO. The van der Waals surface area contributed by atoms with Crippen LogP contribution >= 0.6 is 11.6 Å². The van der Waals surface area contributed by atoms with Crippen LogP contribution in [0.4, 0.5) is 5.69 Å². The highest BCUT2D eigenvalue weighted by atomic mass is 35.5. The summed E-state index contributed by atoms with van der Waals surface area (Å²) >= 11 is 6.22. The molecule has 0 spiro atoms. The highest BCUT2D eigenvalue weighted by Crippen LogP contribution is 2.41. The highest BCUT2D eigenvalue weighted by molar-refractivity contribution is 6.31. The van der Waals surface area contributed by atoms with Crippen molar-refractivity contribution >= 4 is 23.2 Å². The Morgan fingerprint density at radius 1 is 0.840 bits per heavy atom. The summed E-state index contributed by atoms with van der Waals surface area (Å²) in [6, 6.07) is 26.0. The van der Waals surface area contributed by atoms with Crippen LogP contribution in [0.25, 0.3) is 0 Å². The summed E-state index contributed by atoms with van der Waals surface area (Å²) < 4.78 is 0. The molecule has 0 aromatic heterocycles. The van der Waals surface area contributed by atoms with Gasteiger partial charge >= 0.3 is 0 Å². The maximum atomic E-state index is 13.2. The number of carbonyl (C=O) groups excluding carboxylic acids is 1. The van der Waals surface area contributed by atoms with Crippen molar-refractivity contribution in [1.82, 2.24) is 0 Å². The third-order valence-corrected chi connectivity index (χ3v) is 4.92. The first-order chi connectivity index (χ1) is 12.2. The molecule has 1 unspecified atom stereocenters. The van der Waals surface area contributed by atoms with E-state index >= 15 is 0 Å². The first kappa shape index (κ1) is 15.9. The van der Waals surface area contributed by atoms with Gasteiger partial charge in [0.05, 0.1) is 12.5 Å². The lowest BCUT2D eigenvalue weighted by Gasteiger charge is -2.18. The van der Waals surface area contributed by atoms with Gasteiger partial charge in [-0.15, -0.1) is 0 Å². The van der Waals surface area contributed by atoms with Gasteiger partial charge in [0, 0.05) is 10.7 Å². The van der Waals surface area contributed by atoms with Gasteiger partial charge < -0.3 is 4.90 Å². The second-order valence-corrected chi connectivity index (χ2v) is 6.79. The van der Waals surface area contributed by atoms with Gasteiger partial charge in [0.2, 0.25) is 5.91 Å². The summed E-state index contributed by atoms with van der Waals surface area (Å²) in [5.74, 6) is -0.0372. The number of hydrogen-bond acceptors (Lipinski definition) is 1. The zero-order valence-electron chi connectivity index (χ0n) is 13.7. The molecule has 1 amide bonds. The average molecular weight is 348 g/mol. The van der Waals surface area contributed by atoms with Gasteiger partial charge in [0.1, 0.15) is 0 Å². The molecule has 1 atom stereocenters. The van der Waals surface area contributed by atoms with Gasteiger partial charge in [0.15, 0.2) is 0 Å². The standard InChI is InChI=1S/C22H18ClNO/c23-18-11-12-21-19(14-18)20(13-16-7-3-1-4-8-16)22(25)24(21)15-17-9-5-2-6-10-17/h1-12,14,20H,13,15H2. The van der Waals surface area contributed by atoms with E-state index in [1.54, 1.807) is 0 Å². The largest absolute Gasteiger partial charge is 0.307 e. The molecule has 0 bridgehead atoms. The van der Waals surface area contributed by atoms with Crippen molar-refractivity contribution in [2.75, 3.05) is 4.90 Å². The van der Waals surface area contributed by atoms with Crippen LogP contribution in [0.5, 0.6) is 0 Å². The molecule has 25 heavy (non-hydrogen) atoms. The second kappa shape index (κ2) is 6.73. The molecular weight excluding hydrogens is 330 g/mol. The van der Waals surface area contributed by atoms with Gasteiger partial charge in [0.25, 0.3) is 0 Å². The number of anilines is 1. The van der Waals surface area contributed by atoms with Gasteiger partial charge in [-0.2, -0.15) is 0 Å². The molecule has 0 saturated heterocycles. The first-order valence-electron chi connectivity index (χ1n) is 8.41. The Morgan fingerprint density at radius 2 is 1.48 bits per heavy atom. The molecule has 3 aromatic rings. The molecule has 3 aromatic carbocycles. The van der Waals surface area contributed by atoms with Crippen molar-refractivity contribution in [2.45, 2.75) is 18.9 Å². The lowest BCUT2D eigenvalue weighted by atomic mass is 9.93. The Hall–Kier alpha value is -2.58. The van der Waals surface area contributed by atoms with Crippen LogP contribution < -0.4 is 4.90 Å². The summed E-state index contributed by atoms with van der Waals surface area (Å²) in [6.45, 7) is 0.583. The minimum Gasteiger partial charge on any atom is -0.307 e. The van der Waals surface area contributed by atoms with E-state index in [0.717, 1.165) is 22.4 Å². The topological polar surface area (TPSA) is 20.3 Å². The second-order valence-electron chi connectivity index (χ2n) is 6.36. The summed E-state index contributed by atoms with van der Waals surface area (Å²) in [4.78, 5) is 15.0. The summed E-state index contributed by atoms with van der Waals surface area (Å²) in [5.41, 5.74) is 4.28. The number of hydrogen-bond donors (Lipinski definition) is 0. The minimum absolute atomic E-state index is 0.143. The number of carbonyl (C=O) groups is 1. The van der Waals surface area contributed by atoms with Crippen LogP contribution in [-0.4, -0.2) is 5.91 Å². The normalized spacial score (nSPS) is 16.1. The molecule has 0 aliphatic carbocycles. The third-order valence-electron chi connectivity index (χ3n) is 4.69. The monoisotopic (exact) mass is 347 g/mol. The third kappa shape index (κ3) is 3.18. The molecule has 4 rings (SSSR count). The van der Waals surface area contributed by atoms with E-state index in [0.29, 0.717) is 18.0 Å². The Kier molecular flexibility index (Phi) is 4.29. The zero-order valence-corrected chi connectivity index (χ0v) is 14.5. The van der Waals surface area contributed by atoms with Gasteiger partial charge in [-0.25, -0.2) is 0 Å². The molecule has 124 valence electrons. The van der Waals surface area contributed by atoms with E-state index in [-0.39, 0.29) is 11.8 Å². The predicted molar refractivity (Wildman–Crippen MR) is 102 cm³/mol. The van der Waals surface area contributed by atoms with E-state index in [2.05, 4.69) is 12.1 Å². The highest BCUT2D eigenvalue weighted by Gasteiger charge is 2.37. The van der Waals surface area contributed by atoms with Crippen LogP contribution in [0.1, 0.15) is 22.6 Å². The van der Waals surface area contributed by atoms with Crippen LogP contribution in [0.3, 0.4) is 0 Å². The van der Waals surface area contributed by atoms with Gasteiger partial charge in [-0.05, 0) is 41.3 Å². The van der Waals surface area contributed by atoms with E-state index in [1.807, 2.05) is 71.6 Å². The predicted octanol–water partition coefficient (Wildman–Crippen LogP) is 5.21. The Bertz CT molecular complexity index is 892. The number of fused-ring (bicyclic) bond motifs is 1. The van der Waals surface area contributed by atoms with Crippen LogP contribution in [-0.2, 0) is 17.8 Å². The molecule has 0 radical (unpaired) electrons. The van der Waals surface area contributed by atoms with Gasteiger partial charge in [-0.1, -0.05) is 72.3 Å². The van der Waals surface area contributed by atoms with Gasteiger partial charge in [-0.3, -0.25) is 4.79 Å². The van der Waals surface area contributed by atoms with E-state index in [4.69, 9.17) is 11.6 Å². The molecule has 0 saturated carbocycles. The quantitative estimate of drug-likeness (QED) is 0.634. The number of benzene rings is 3. The molecule has 2 nitrogen and oxygen atoms in total. The average Bonchev–Trinajstić information content (AvgIpc) is 2.89. The first-order valence-corrected chi connectivity index (χ1v) is 8.79. The number of halogens is 1. The summed E-state index contributed by atoms with van der Waals surface area (Å²) in [6.07, 6.45) is 0.693. The number of amides is 1.